The van der Waals surface area contributed by atoms with Crippen LogP contribution in [0.15, 0.2) is 18.2 Å². The second-order valence-electron chi connectivity index (χ2n) is 3.91. The first kappa shape index (κ1) is 12.8. The molecule has 1 rings (SSSR count). The fourth-order valence-electron chi connectivity index (χ4n) is 1.58. The number of hydrogen-bond donors (Lipinski definition) is 1. The Bertz CT molecular complexity index is 324. The molecule has 0 bridgehead atoms. The van der Waals surface area contributed by atoms with Gasteiger partial charge < -0.3 is 15.0 Å². The minimum absolute atomic E-state index is 0.700. The van der Waals surface area contributed by atoms with Gasteiger partial charge in [0.2, 0.25) is 0 Å². The van der Waals surface area contributed by atoms with Gasteiger partial charge in [0.25, 0.3) is 0 Å². The third-order valence-electron chi connectivity index (χ3n) is 2.38. The topological polar surface area (TPSA) is 24.5 Å². The van der Waals surface area contributed by atoms with E-state index in [4.69, 9.17) is 4.74 Å². The van der Waals surface area contributed by atoms with Gasteiger partial charge in [-0.1, -0.05) is 13.0 Å². The van der Waals surface area contributed by atoms with Crippen LogP contribution < -0.4 is 15.0 Å². The number of anilines is 1. The number of nitrogens with zero attached hydrogens (tertiary/aromatic N) is 1. The molecule has 0 aliphatic heterocycles. The van der Waals surface area contributed by atoms with E-state index >= 15 is 0 Å². The highest BCUT2D eigenvalue weighted by molar-refractivity contribution is 5.58. The van der Waals surface area contributed by atoms with E-state index in [-0.39, 0.29) is 0 Å². The molecule has 0 aliphatic carbocycles. The molecular weight excluding hydrogens is 200 g/mol. The average Bonchev–Trinajstić information content (AvgIpc) is 2.26. The first-order chi connectivity index (χ1) is 7.69. The van der Waals surface area contributed by atoms with Gasteiger partial charge >= 0.3 is 0 Å². The summed E-state index contributed by atoms with van der Waals surface area (Å²) >= 11 is 0. The van der Waals surface area contributed by atoms with Gasteiger partial charge in [0.05, 0.1) is 12.3 Å². The summed E-state index contributed by atoms with van der Waals surface area (Å²) in [6, 6.07) is 6.36. The van der Waals surface area contributed by atoms with Crippen LogP contribution in [-0.2, 0) is 6.54 Å². The molecule has 1 aromatic carbocycles. The monoisotopic (exact) mass is 222 g/mol. The van der Waals surface area contributed by atoms with Crippen molar-refractivity contribution in [3.8, 4) is 5.75 Å². The molecule has 16 heavy (non-hydrogen) atoms. The summed E-state index contributed by atoms with van der Waals surface area (Å²) in [5.74, 6) is 0.961. The van der Waals surface area contributed by atoms with E-state index in [2.05, 4.69) is 35.3 Å². The molecule has 1 N–H and O–H groups in total. The van der Waals surface area contributed by atoms with Crippen LogP contribution in [0.4, 0.5) is 5.69 Å². The molecular formula is C13H22N2O. The number of benzene rings is 1. The standard InChI is InChI=1S/C13H22N2O/c1-5-14-10-11-7-8-12(15(3)4)13(9-11)16-6-2/h7-9,14H,5-6,10H2,1-4H3. The molecule has 0 atom stereocenters. The molecule has 90 valence electrons. The highest BCUT2D eigenvalue weighted by Crippen LogP contribution is 2.28. The molecule has 0 amide bonds. The van der Waals surface area contributed by atoms with Crippen LogP contribution in [0.3, 0.4) is 0 Å². The molecule has 0 heterocycles. The predicted octanol–water partition coefficient (Wildman–Crippen LogP) is 2.26. The second-order valence-corrected chi connectivity index (χ2v) is 3.91. The molecule has 3 nitrogen and oxygen atoms in total. The van der Waals surface area contributed by atoms with E-state index in [9.17, 15) is 0 Å². The minimum atomic E-state index is 0.700. The van der Waals surface area contributed by atoms with Gasteiger partial charge in [-0.05, 0) is 31.2 Å². The molecule has 0 unspecified atom stereocenters. The maximum absolute atomic E-state index is 5.65. The average molecular weight is 222 g/mol. The lowest BCUT2D eigenvalue weighted by Gasteiger charge is -2.18. The summed E-state index contributed by atoms with van der Waals surface area (Å²) in [6.07, 6.45) is 0. The lowest BCUT2D eigenvalue weighted by Crippen LogP contribution is -2.14. The van der Waals surface area contributed by atoms with Crippen LogP contribution in [0.1, 0.15) is 19.4 Å². The highest BCUT2D eigenvalue weighted by Gasteiger charge is 2.06. The Morgan fingerprint density at radius 1 is 1.25 bits per heavy atom. The molecule has 0 spiro atoms. The van der Waals surface area contributed by atoms with Crippen molar-refractivity contribution in [2.75, 3.05) is 32.1 Å². The Morgan fingerprint density at radius 2 is 2.00 bits per heavy atom. The Labute approximate surface area is 98.4 Å². The number of nitrogens with one attached hydrogen (secondary N) is 1. The van der Waals surface area contributed by atoms with Crippen molar-refractivity contribution < 1.29 is 4.74 Å². The van der Waals surface area contributed by atoms with E-state index < -0.39 is 0 Å². The Balaban J connectivity index is 2.88. The fraction of sp³-hybridized carbons (Fsp3) is 0.538. The van der Waals surface area contributed by atoms with Crippen molar-refractivity contribution in [3.63, 3.8) is 0 Å². The highest BCUT2D eigenvalue weighted by atomic mass is 16.5. The van der Waals surface area contributed by atoms with Crippen molar-refractivity contribution in [2.45, 2.75) is 20.4 Å². The number of hydrogen-bond acceptors (Lipinski definition) is 3. The fourth-order valence-corrected chi connectivity index (χ4v) is 1.58. The van der Waals surface area contributed by atoms with E-state index in [0.717, 1.165) is 24.5 Å². The van der Waals surface area contributed by atoms with Gasteiger partial charge in [-0.25, -0.2) is 0 Å². The van der Waals surface area contributed by atoms with Crippen LogP contribution in [0.2, 0.25) is 0 Å². The molecule has 0 radical (unpaired) electrons. The van der Waals surface area contributed by atoms with E-state index in [1.807, 2.05) is 21.0 Å². The van der Waals surface area contributed by atoms with Crippen LogP contribution in [-0.4, -0.2) is 27.2 Å². The van der Waals surface area contributed by atoms with Crippen molar-refractivity contribution in [1.29, 1.82) is 0 Å². The third-order valence-corrected chi connectivity index (χ3v) is 2.38. The van der Waals surface area contributed by atoms with E-state index in [1.54, 1.807) is 0 Å². The van der Waals surface area contributed by atoms with Gasteiger partial charge in [0.15, 0.2) is 0 Å². The maximum Gasteiger partial charge on any atom is 0.142 e. The molecule has 0 fully saturated rings. The molecule has 3 heteroatoms. The lowest BCUT2D eigenvalue weighted by molar-refractivity contribution is 0.340. The summed E-state index contributed by atoms with van der Waals surface area (Å²) in [7, 11) is 4.06. The lowest BCUT2D eigenvalue weighted by atomic mass is 10.1. The first-order valence-corrected chi connectivity index (χ1v) is 5.82. The van der Waals surface area contributed by atoms with Gasteiger partial charge in [0.1, 0.15) is 5.75 Å². The summed E-state index contributed by atoms with van der Waals surface area (Å²) in [4.78, 5) is 2.07. The zero-order chi connectivity index (χ0) is 12.0. The molecule has 0 saturated carbocycles. The van der Waals surface area contributed by atoms with Crippen LogP contribution >= 0.6 is 0 Å². The first-order valence-electron chi connectivity index (χ1n) is 5.82. The zero-order valence-corrected chi connectivity index (χ0v) is 10.7. The van der Waals surface area contributed by atoms with Crippen LogP contribution in [0.5, 0.6) is 5.75 Å². The molecule has 1 aromatic rings. The van der Waals surface area contributed by atoms with Crippen molar-refractivity contribution >= 4 is 5.69 Å². The van der Waals surface area contributed by atoms with Crippen molar-refractivity contribution in [1.82, 2.24) is 5.32 Å². The smallest absolute Gasteiger partial charge is 0.142 e. The van der Waals surface area contributed by atoms with Crippen molar-refractivity contribution in [2.24, 2.45) is 0 Å². The van der Waals surface area contributed by atoms with Crippen LogP contribution in [0.25, 0.3) is 0 Å². The normalized spacial score (nSPS) is 10.2. The quantitative estimate of drug-likeness (QED) is 0.799. The van der Waals surface area contributed by atoms with Gasteiger partial charge in [-0.2, -0.15) is 0 Å². The van der Waals surface area contributed by atoms with Gasteiger partial charge in [0, 0.05) is 20.6 Å². The number of rotatable bonds is 6. The second kappa shape index (κ2) is 6.38. The van der Waals surface area contributed by atoms with E-state index in [0.29, 0.717) is 6.61 Å². The predicted molar refractivity (Wildman–Crippen MR) is 69.3 cm³/mol. The summed E-state index contributed by atoms with van der Waals surface area (Å²) < 4.78 is 5.65. The van der Waals surface area contributed by atoms with E-state index in [1.165, 1.54) is 5.56 Å². The summed E-state index contributed by atoms with van der Waals surface area (Å²) in [5.41, 5.74) is 2.39. The van der Waals surface area contributed by atoms with Crippen molar-refractivity contribution in [3.05, 3.63) is 23.8 Å². The Hall–Kier alpha value is -1.22. The Morgan fingerprint density at radius 3 is 2.56 bits per heavy atom. The molecule has 0 saturated heterocycles. The number of ether oxygens (including phenoxy) is 1. The minimum Gasteiger partial charge on any atom is -0.492 e. The van der Waals surface area contributed by atoms with Gasteiger partial charge in [-0.15, -0.1) is 0 Å². The molecule has 0 aromatic heterocycles. The maximum atomic E-state index is 5.65. The SMILES string of the molecule is CCNCc1ccc(N(C)C)c(OCC)c1. The summed E-state index contributed by atoms with van der Waals surface area (Å²) in [5, 5.41) is 3.31. The third kappa shape index (κ3) is 3.42. The van der Waals surface area contributed by atoms with Crippen LogP contribution in [0, 0.1) is 0 Å². The Kier molecular flexibility index (Phi) is 5.12. The summed E-state index contributed by atoms with van der Waals surface area (Å²) in [6.45, 7) is 6.70. The largest absolute Gasteiger partial charge is 0.492 e. The molecule has 0 aliphatic rings. The zero-order valence-electron chi connectivity index (χ0n) is 10.7. The van der Waals surface area contributed by atoms with Gasteiger partial charge in [-0.3, -0.25) is 0 Å².